The molecule has 2 rings (SSSR count). The molecule has 0 amide bonds. The minimum absolute atomic E-state index is 0.0000897. The number of benzene rings is 1. The molecule has 8 nitrogen and oxygen atoms in total. The van der Waals surface area contributed by atoms with E-state index in [4.69, 9.17) is 25.3 Å². The van der Waals surface area contributed by atoms with Crippen molar-refractivity contribution < 1.29 is 18.4 Å². The van der Waals surface area contributed by atoms with Gasteiger partial charge in [0.2, 0.25) is 0 Å². The predicted molar refractivity (Wildman–Crippen MR) is 99.1 cm³/mol. The zero-order chi connectivity index (χ0) is 18.3. The van der Waals surface area contributed by atoms with Crippen LogP contribution in [-0.4, -0.2) is 24.4 Å². The van der Waals surface area contributed by atoms with Crippen molar-refractivity contribution in [1.29, 1.82) is 0 Å². The number of furan rings is 1. The van der Waals surface area contributed by atoms with Crippen LogP contribution in [0.1, 0.15) is 19.6 Å². The molecular weight excluding hydrogens is 365 g/mol. The van der Waals surface area contributed by atoms with Crippen molar-refractivity contribution in [1.82, 2.24) is 5.20 Å². The zero-order valence-electron chi connectivity index (χ0n) is 13.7. The number of hydrogen-bond donors (Lipinski definition) is 1. The number of nitro benzene ring substituents is 1. The summed E-state index contributed by atoms with van der Waals surface area (Å²) in [7, 11) is 0. The van der Waals surface area contributed by atoms with Gasteiger partial charge in [0.1, 0.15) is 11.5 Å². The molecule has 0 fully saturated rings. The van der Waals surface area contributed by atoms with Crippen LogP contribution in [0, 0.1) is 10.1 Å². The van der Waals surface area contributed by atoms with Crippen LogP contribution in [-0.2, 0) is 20.9 Å². The summed E-state index contributed by atoms with van der Waals surface area (Å²) >= 11 is 5.28. The number of non-ortho nitro benzene ring substituents is 1. The molecule has 134 valence electrons. The second-order valence-corrected chi connectivity index (χ2v) is 7.85. The normalized spacial score (nSPS) is 11.8. The third kappa shape index (κ3) is 5.47. The van der Waals surface area contributed by atoms with Gasteiger partial charge in [-0.3, -0.25) is 10.1 Å². The summed E-state index contributed by atoms with van der Waals surface area (Å²) in [6.07, 6.45) is 1.44. The predicted octanol–water partition coefficient (Wildman–Crippen LogP) is 4.08. The van der Waals surface area contributed by atoms with Gasteiger partial charge in [-0.15, -0.1) is 0 Å². The van der Waals surface area contributed by atoms with Gasteiger partial charge in [-0.05, 0) is 37.8 Å². The van der Waals surface area contributed by atoms with Crippen LogP contribution >= 0.6 is 6.64 Å². The van der Waals surface area contributed by atoms with Crippen LogP contribution < -0.4 is 5.20 Å². The molecule has 0 aliphatic heterocycles. The molecule has 0 aliphatic carbocycles. The number of nitro groups is 1. The lowest BCUT2D eigenvalue weighted by Gasteiger charge is -2.19. The Morgan fingerprint density at radius 1 is 1.32 bits per heavy atom. The van der Waals surface area contributed by atoms with Gasteiger partial charge in [0, 0.05) is 17.7 Å². The monoisotopic (exact) mass is 383 g/mol. The van der Waals surface area contributed by atoms with Gasteiger partial charge in [-0.2, -0.15) is 5.10 Å². The first-order valence-electron chi connectivity index (χ1n) is 7.51. The van der Waals surface area contributed by atoms with E-state index in [1.54, 1.807) is 24.3 Å². The molecule has 1 heterocycles. The Balaban J connectivity index is 2.10. The molecule has 0 aliphatic rings. The van der Waals surface area contributed by atoms with Crippen LogP contribution in [0.3, 0.4) is 0 Å². The van der Waals surface area contributed by atoms with Gasteiger partial charge in [-0.1, -0.05) is 12.1 Å². The lowest BCUT2D eigenvalue weighted by molar-refractivity contribution is -0.384. The Bertz CT molecular complexity index is 798. The molecule has 1 aromatic carbocycles. The Hall–Kier alpha value is -2.06. The third-order valence-corrected chi connectivity index (χ3v) is 5.37. The van der Waals surface area contributed by atoms with E-state index in [0.29, 0.717) is 30.3 Å². The van der Waals surface area contributed by atoms with Crippen LogP contribution in [0.5, 0.6) is 0 Å². The molecule has 0 saturated heterocycles. The topological polar surface area (TPSA) is 99.1 Å². The van der Waals surface area contributed by atoms with Crippen LogP contribution in [0.2, 0.25) is 0 Å². The molecule has 2 aromatic rings. The second-order valence-electron chi connectivity index (χ2n) is 4.70. The van der Waals surface area contributed by atoms with Crippen LogP contribution in [0.25, 0.3) is 11.3 Å². The van der Waals surface area contributed by atoms with E-state index in [1.165, 1.54) is 18.3 Å². The second kappa shape index (κ2) is 8.87. The first-order valence-corrected chi connectivity index (χ1v) is 10.2. The largest absolute Gasteiger partial charge is 0.455 e. The van der Waals surface area contributed by atoms with E-state index < -0.39 is 11.6 Å². The minimum atomic E-state index is -2.66. The van der Waals surface area contributed by atoms with Gasteiger partial charge >= 0.3 is 6.64 Å². The summed E-state index contributed by atoms with van der Waals surface area (Å²) < 4.78 is 16.4. The molecule has 0 bridgehead atoms. The van der Waals surface area contributed by atoms with E-state index in [9.17, 15) is 10.1 Å². The number of nitrogens with one attached hydrogen (secondary N) is 1. The molecule has 0 radical (unpaired) electrons. The quantitative estimate of drug-likeness (QED) is 0.301. The number of nitrogens with zero attached hydrogens (tertiary/aromatic N) is 2. The summed E-state index contributed by atoms with van der Waals surface area (Å²) in [6.45, 7) is 1.82. The Morgan fingerprint density at radius 3 is 2.68 bits per heavy atom. The van der Waals surface area contributed by atoms with E-state index in [2.05, 4.69) is 10.3 Å². The van der Waals surface area contributed by atoms with Gasteiger partial charge in [-0.25, -0.2) is 5.20 Å². The highest BCUT2D eigenvalue weighted by Gasteiger charge is 2.16. The SMILES string of the molecule is CCOP(=S)(NN=Cc1ccc(-c2cccc([N+](=O)[O-])c2)o1)OCC. The van der Waals surface area contributed by atoms with Gasteiger partial charge < -0.3 is 13.5 Å². The molecular formula is C15H18N3O5PS. The molecule has 0 saturated carbocycles. The van der Waals surface area contributed by atoms with E-state index >= 15 is 0 Å². The Labute approximate surface area is 150 Å². The third-order valence-electron chi connectivity index (χ3n) is 2.94. The van der Waals surface area contributed by atoms with Gasteiger partial charge in [0.05, 0.1) is 24.4 Å². The summed E-state index contributed by atoms with van der Waals surface area (Å²) in [5.41, 5.74) is 0.607. The lowest BCUT2D eigenvalue weighted by atomic mass is 10.1. The fourth-order valence-corrected chi connectivity index (χ4v) is 3.79. The minimum Gasteiger partial charge on any atom is -0.455 e. The molecule has 0 spiro atoms. The van der Waals surface area contributed by atoms with Crippen LogP contribution in [0.15, 0.2) is 45.9 Å². The highest BCUT2D eigenvalue weighted by molar-refractivity contribution is 8.08. The van der Waals surface area contributed by atoms with Crippen molar-refractivity contribution in [3.05, 3.63) is 52.3 Å². The first kappa shape index (κ1) is 19.3. The maximum atomic E-state index is 10.8. The Morgan fingerprint density at radius 2 is 2.04 bits per heavy atom. The summed E-state index contributed by atoms with van der Waals surface area (Å²) in [4.78, 5) is 10.4. The smallest absolute Gasteiger partial charge is 0.303 e. The van der Waals surface area contributed by atoms with Crippen molar-refractivity contribution in [3.63, 3.8) is 0 Å². The van der Waals surface area contributed by atoms with E-state index in [0.717, 1.165) is 0 Å². The fourth-order valence-electron chi connectivity index (χ4n) is 1.95. The van der Waals surface area contributed by atoms with Crippen molar-refractivity contribution in [2.45, 2.75) is 13.8 Å². The average molecular weight is 383 g/mol. The number of hydrogen-bond acceptors (Lipinski definition) is 7. The molecule has 0 atom stereocenters. The standard InChI is InChI=1S/C15H18N3O5PS/c1-3-21-24(25,22-4-2)17-16-11-14-8-9-15(23-14)12-6-5-7-13(10-12)18(19)20/h5-11H,3-4H2,1-2H3,(H,17,25). The molecule has 25 heavy (non-hydrogen) atoms. The maximum Gasteiger partial charge on any atom is 0.303 e. The average Bonchev–Trinajstić information content (AvgIpc) is 3.04. The Kier molecular flexibility index (Phi) is 6.83. The van der Waals surface area contributed by atoms with Crippen molar-refractivity contribution in [2.24, 2.45) is 5.10 Å². The van der Waals surface area contributed by atoms with Gasteiger partial charge in [0.15, 0.2) is 0 Å². The highest BCUT2D eigenvalue weighted by atomic mass is 32.5. The van der Waals surface area contributed by atoms with E-state index in [1.807, 2.05) is 13.8 Å². The van der Waals surface area contributed by atoms with E-state index in [-0.39, 0.29) is 5.69 Å². The summed E-state index contributed by atoms with van der Waals surface area (Å²) in [5.74, 6) is 0.961. The van der Waals surface area contributed by atoms with Crippen LogP contribution in [0.4, 0.5) is 5.69 Å². The molecule has 10 heteroatoms. The van der Waals surface area contributed by atoms with Gasteiger partial charge in [0.25, 0.3) is 5.69 Å². The van der Waals surface area contributed by atoms with Crippen molar-refractivity contribution >= 4 is 30.4 Å². The maximum absolute atomic E-state index is 10.8. The summed E-state index contributed by atoms with van der Waals surface area (Å²) in [5, 5.41) is 17.6. The molecule has 0 unspecified atom stereocenters. The van der Waals surface area contributed by atoms with Crippen molar-refractivity contribution in [3.8, 4) is 11.3 Å². The number of rotatable bonds is 9. The van der Waals surface area contributed by atoms with Crippen molar-refractivity contribution in [2.75, 3.05) is 13.2 Å². The fraction of sp³-hybridized carbons (Fsp3) is 0.267. The molecule has 1 aromatic heterocycles. The zero-order valence-corrected chi connectivity index (χ0v) is 15.5. The number of hydrazone groups is 1. The first-order chi connectivity index (χ1) is 12.0. The summed E-state index contributed by atoms with van der Waals surface area (Å²) in [6, 6.07) is 9.61. The highest BCUT2D eigenvalue weighted by Crippen LogP contribution is 2.43. The lowest BCUT2D eigenvalue weighted by Crippen LogP contribution is -2.09. The molecule has 1 N–H and O–H groups in total.